The number of hydrogen-bond acceptors (Lipinski definition) is 8. The van der Waals surface area contributed by atoms with E-state index in [4.69, 9.17) is 14.5 Å². The number of esters is 1. The molecule has 3 aromatic rings. The van der Waals surface area contributed by atoms with Gasteiger partial charge in [-0.25, -0.2) is 22.7 Å². The maximum absolute atomic E-state index is 11.5. The van der Waals surface area contributed by atoms with Crippen LogP contribution in [0.1, 0.15) is 120 Å². The molecule has 0 atom stereocenters. The number of fused-ring (bicyclic) bond motifs is 1. The van der Waals surface area contributed by atoms with Crippen LogP contribution >= 0.6 is 11.3 Å². The number of benzene rings is 1. The van der Waals surface area contributed by atoms with Gasteiger partial charge in [-0.05, 0) is 84.9 Å². The summed E-state index contributed by atoms with van der Waals surface area (Å²) >= 11 is 1.64. The Morgan fingerprint density at radius 1 is 0.870 bits per heavy atom. The Hall–Kier alpha value is -2.56. The Morgan fingerprint density at radius 2 is 1.37 bits per heavy atom. The van der Waals surface area contributed by atoms with Crippen molar-refractivity contribution < 1.29 is 22.7 Å². The molecule has 1 aliphatic rings. The van der Waals surface area contributed by atoms with Crippen LogP contribution in [-0.4, -0.2) is 58.7 Å². The first kappa shape index (κ1) is 53.0. The largest absolute Gasteiger partial charge is 0.473 e. The molecule has 46 heavy (non-hydrogen) atoms. The van der Waals surface area contributed by atoms with E-state index in [1.54, 1.807) is 18.4 Å². The van der Waals surface area contributed by atoms with Crippen molar-refractivity contribution in [1.82, 2.24) is 14.3 Å². The molecule has 2 heterocycles. The Morgan fingerprint density at radius 3 is 1.72 bits per heavy atom. The van der Waals surface area contributed by atoms with E-state index in [1.165, 1.54) is 4.31 Å². The van der Waals surface area contributed by atoms with Gasteiger partial charge in [-0.15, -0.1) is 11.3 Å². The van der Waals surface area contributed by atoms with Crippen LogP contribution in [0.4, 0.5) is 0 Å². The quantitative estimate of drug-likeness (QED) is 0.228. The van der Waals surface area contributed by atoms with Crippen molar-refractivity contribution in [3.63, 3.8) is 0 Å². The number of sulfonamides is 1. The van der Waals surface area contributed by atoms with Crippen LogP contribution in [0.2, 0.25) is 0 Å². The fraction of sp³-hybridized carbons (Fsp3) is 0.639. The van der Waals surface area contributed by atoms with Crippen molar-refractivity contribution in [2.75, 3.05) is 7.05 Å². The lowest BCUT2D eigenvalue weighted by Crippen LogP contribution is -2.35. The molecule has 1 aromatic carbocycles. The van der Waals surface area contributed by atoms with Gasteiger partial charge in [0, 0.05) is 13.1 Å². The zero-order valence-corrected chi connectivity index (χ0v) is 27.1. The number of carbonyl (C=O) groups excluding carboxylic acids is 1. The number of aromatic nitrogens is 2. The Bertz CT molecular complexity index is 1330. The first-order valence-electron chi connectivity index (χ1n) is 13.7. The Labute approximate surface area is 288 Å². The van der Waals surface area contributed by atoms with Gasteiger partial charge < -0.3 is 9.47 Å². The van der Waals surface area contributed by atoms with E-state index in [-0.39, 0.29) is 79.4 Å². The lowest BCUT2D eigenvalue weighted by atomic mass is 10.1. The third kappa shape index (κ3) is 16.8. The molecule has 1 aliphatic carbocycles. The topological polar surface area (TPSA) is 98.7 Å². The monoisotopic (exact) mass is 687 g/mol. The molecule has 0 saturated heterocycles. The fourth-order valence-corrected chi connectivity index (χ4v) is 5.67. The lowest BCUT2D eigenvalue weighted by molar-refractivity contribution is -0.158. The molecule has 0 aliphatic heterocycles. The third-order valence-corrected chi connectivity index (χ3v) is 9.01. The van der Waals surface area contributed by atoms with E-state index >= 15 is 0 Å². The minimum atomic E-state index is -2.93. The van der Waals surface area contributed by atoms with E-state index in [0.717, 1.165) is 34.4 Å². The van der Waals surface area contributed by atoms with Crippen molar-refractivity contribution in [3.8, 4) is 16.5 Å². The predicted octanol–water partition coefficient (Wildman–Crippen LogP) is 10.8. The molecular weight excluding hydrogens is 619 g/mol. The second kappa shape index (κ2) is 22.9. The molecule has 10 heteroatoms. The van der Waals surface area contributed by atoms with Gasteiger partial charge in [0.1, 0.15) is 11.3 Å². The highest BCUT2D eigenvalue weighted by Crippen LogP contribution is 2.32. The molecule has 4 rings (SSSR count). The van der Waals surface area contributed by atoms with Gasteiger partial charge in [0.05, 0.1) is 33.2 Å². The van der Waals surface area contributed by atoms with Gasteiger partial charge >= 0.3 is 5.97 Å². The summed E-state index contributed by atoms with van der Waals surface area (Å²) in [5.41, 5.74) is 2.23. The molecule has 0 N–H and O–H groups in total. The lowest BCUT2D eigenvalue weighted by Gasteiger charge is -2.20. The van der Waals surface area contributed by atoms with Gasteiger partial charge in [0.15, 0.2) is 0 Å². The zero-order valence-electron chi connectivity index (χ0n) is 25.5. The second-order valence-electron chi connectivity index (χ2n) is 11.6. The van der Waals surface area contributed by atoms with Crippen LogP contribution in [0.3, 0.4) is 0 Å². The summed E-state index contributed by atoms with van der Waals surface area (Å²) in [7, 11) is -1.28. The van der Waals surface area contributed by atoms with E-state index in [2.05, 4.69) is 4.98 Å². The number of ether oxygens (including phenoxy) is 2. The normalized spacial score (nSPS) is 11.9. The number of para-hydroxylation sites is 2. The van der Waals surface area contributed by atoms with Crippen molar-refractivity contribution >= 4 is 38.4 Å². The van der Waals surface area contributed by atoms with Crippen LogP contribution in [0.5, 0.6) is 5.88 Å². The van der Waals surface area contributed by atoms with Crippen molar-refractivity contribution in [2.24, 2.45) is 5.92 Å². The molecule has 0 unspecified atom stereocenters. The average molecular weight is 688 g/mol. The zero-order chi connectivity index (χ0) is 30.3. The molecular formula is C36H69N3O5S2. The summed E-state index contributed by atoms with van der Waals surface area (Å²) in [6.45, 7) is 17.0. The Balaban J connectivity index is -0.000000183. The molecule has 2 aromatic heterocycles. The van der Waals surface area contributed by atoms with Crippen LogP contribution in [0.15, 0.2) is 41.8 Å². The maximum atomic E-state index is 11.5. The first-order chi connectivity index (χ1) is 18.5. The summed E-state index contributed by atoms with van der Waals surface area (Å²) in [5.74, 6) is 0.447. The molecule has 0 bridgehead atoms. The van der Waals surface area contributed by atoms with E-state index in [9.17, 15) is 13.2 Å². The number of nitrogens with zero attached hydrogens (tertiary/aromatic N) is 3. The van der Waals surface area contributed by atoms with Crippen molar-refractivity contribution in [3.05, 3.63) is 41.8 Å². The highest BCUT2D eigenvalue weighted by Gasteiger charge is 2.39. The summed E-state index contributed by atoms with van der Waals surface area (Å²) in [5, 5.41) is 1.96. The van der Waals surface area contributed by atoms with Gasteiger partial charge in [-0.1, -0.05) is 76.6 Å². The minimum Gasteiger partial charge on any atom is -0.473 e. The van der Waals surface area contributed by atoms with Crippen molar-refractivity contribution in [2.45, 2.75) is 143 Å². The van der Waals surface area contributed by atoms with Gasteiger partial charge in [0.2, 0.25) is 15.9 Å². The summed E-state index contributed by atoms with van der Waals surface area (Å²) < 4.78 is 35.3. The van der Waals surface area contributed by atoms with E-state index in [0.29, 0.717) is 5.88 Å². The maximum Gasteiger partial charge on any atom is 0.308 e. The summed E-state index contributed by atoms with van der Waals surface area (Å²) in [6.07, 6.45) is 1.77. The van der Waals surface area contributed by atoms with Crippen LogP contribution in [0, 0.1) is 5.92 Å². The minimum absolute atomic E-state index is 0. The van der Waals surface area contributed by atoms with E-state index < -0.39 is 10.0 Å². The van der Waals surface area contributed by atoms with Gasteiger partial charge in [-0.3, -0.25) is 4.79 Å². The number of rotatable bonds is 7. The van der Waals surface area contributed by atoms with Gasteiger partial charge in [0.25, 0.3) is 0 Å². The fourth-order valence-electron chi connectivity index (χ4n) is 3.18. The molecule has 8 nitrogen and oxygen atoms in total. The third-order valence-electron chi connectivity index (χ3n) is 5.59. The second-order valence-corrected chi connectivity index (χ2v) is 14.8. The Kier molecular flexibility index (Phi) is 26.3. The molecule has 1 fully saturated rings. The highest BCUT2D eigenvalue weighted by atomic mass is 32.2. The van der Waals surface area contributed by atoms with Crippen molar-refractivity contribution in [1.29, 1.82) is 0 Å². The molecule has 0 amide bonds. The smallest absolute Gasteiger partial charge is 0.308 e. The number of carbonyl (C=O) groups is 1. The first-order valence-corrected chi connectivity index (χ1v) is 16.1. The highest BCUT2D eigenvalue weighted by molar-refractivity contribution is 7.90. The predicted molar refractivity (Wildman–Crippen MR) is 205 cm³/mol. The van der Waals surface area contributed by atoms with Crippen LogP contribution < -0.4 is 4.74 Å². The SMILES string of the molecule is C.C.C.C.C.C.CC(C)C(=O)OC(C)(C)C.CC(C)N(C)S(=O)(=O)C1CC1.CC(C)Oc1nc2ccccc2nc1-c1cccs1. The van der Waals surface area contributed by atoms with Crippen LogP contribution in [-0.2, 0) is 19.6 Å². The molecule has 270 valence electrons. The molecule has 1 saturated carbocycles. The summed E-state index contributed by atoms with van der Waals surface area (Å²) in [4.78, 5) is 21.3. The standard InChI is InChI=1S/C15H14N2OS.C8H16O2.C7H15NO2S.6CH4/c1-10(2)18-15-14(13-8-5-9-19-13)16-11-6-3-4-7-12(11)17-15;1-6(2)7(9)10-8(3,4)5;1-6(2)8(3)11(9,10)7-4-5-7;;;;;;/h3-10H,1-2H3;6H,1-5H3;6-7H,4-5H2,1-3H3;6*1H4. The summed E-state index contributed by atoms with van der Waals surface area (Å²) in [6, 6.07) is 12.0. The van der Waals surface area contributed by atoms with E-state index in [1.807, 2.05) is 104 Å². The average Bonchev–Trinajstić information content (AvgIpc) is 3.58. The molecule has 0 radical (unpaired) electrons. The van der Waals surface area contributed by atoms with Crippen LogP contribution in [0.25, 0.3) is 21.6 Å². The number of thiophene rings is 1. The molecule has 0 spiro atoms. The van der Waals surface area contributed by atoms with Gasteiger partial charge in [-0.2, -0.15) is 0 Å². The number of hydrogen-bond donors (Lipinski definition) is 0.